The summed E-state index contributed by atoms with van der Waals surface area (Å²) in [6.07, 6.45) is -4.68. The summed E-state index contributed by atoms with van der Waals surface area (Å²) in [5.41, 5.74) is -0.590. The molecule has 2 aromatic rings. The predicted octanol–water partition coefficient (Wildman–Crippen LogP) is 4.08. The fourth-order valence-corrected chi connectivity index (χ4v) is 2.34. The zero-order valence-corrected chi connectivity index (χ0v) is 10.9. The minimum absolute atomic E-state index is 0.335. The summed E-state index contributed by atoms with van der Waals surface area (Å²) in [7, 11) is 0. The van der Waals surface area contributed by atoms with E-state index in [1.807, 2.05) is 16.8 Å². The maximum atomic E-state index is 12.7. The Morgan fingerprint density at radius 2 is 2.05 bits per heavy atom. The van der Waals surface area contributed by atoms with E-state index in [1.54, 1.807) is 0 Å². The number of carboxylic acid groups (broad SMARTS) is 1. The molecule has 0 atom stereocenters. The molecule has 0 unspecified atom stereocenters. The molecule has 0 radical (unpaired) electrons. The average Bonchev–Trinajstić information content (AvgIpc) is 2.88. The van der Waals surface area contributed by atoms with Crippen LogP contribution in [0.4, 0.5) is 18.9 Å². The van der Waals surface area contributed by atoms with Gasteiger partial charge in [-0.2, -0.15) is 24.5 Å². The van der Waals surface area contributed by atoms with Crippen LogP contribution < -0.4 is 5.32 Å². The van der Waals surface area contributed by atoms with Gasteiger partial charge in [0.2, 0.25) is 0 Å². The van der Waals surface area contributed by atoms with Crippen molar-refractivity contribution in [2.75, 3.05) is 5.32 Å². The van der Waals surface area contributed by atoms with Crippen LogP contribution in [0.2, 0.25) is 0 Å². The van der Waals surface area contributed by atoms with E-state index in [2.05, 4.69) is 5.32 Å². The summed E-state index contributed by atoms with van der Waals surface area (Å²) >= 11 is 1.51. The van der Waals surface area contributed by atoms with Gasteiger partial charge in [0.25, 0.3) is 0 Å². The maximum absolute atomic E-state index is 12.7. The molecule has 0 aliphatic rings. The fourth-order valence-electron chi connectivity index (χ4n) is 1.68. The normalized spacial score (nSPS) is 11.3. The molecule has 0 saturated carbocycles. The highest BCUT2D eigenvalue weighted by atomic mass is 32.1. The Morgan fingerprint density at radius 1 is 1.30 bits per heavy atom. The summed E-state index contributed by atoms with van der Waals surface area (Å²) in [6, 6.07) is 4.87. The van der Waals surface area contributed by atoms with Crippen LogP contribution in [0.5, 0.6) is 0 Å². The van der Waals surface area contributed by atoms with E-state index in [0.717, 1.165) is 17.7 Å². The van der Waals surface area contributed by atoms with Crippen LogP contribution in [-0.4, -0.2) is 11.1 Å². The molecule has 2 rings (SSSR count). The number of carbonyl (C=O) groups is 1. The summed E-state index contributed by atoms with van der Waals surface area (Å²) < 4.78 is 38.0. The highest BCUT2D eigenvalue weighted by Gasteiger charge is 2.35. The molecule has 0 fully saturated rings. The summed E-state index contributed by atoms with van der Waals surface area (Å²) in [4.78, 5) is 10.9. The van der Waals surface area contributed by atoms with Crippen molar-refractivity contribution in [1.29, 1.82) is 0 Å². The van der Waals surface area contributed by atoms with Crippen LogP contribution >= 0.6 is 11.3 Å². The van der Waals surface area contributed by atoms with Crippen molar-refractivity contribution in [3.8, 4) is 0 Å². The third-order valence-electron chi connectivity index (χ3n) is 2.63. The van der Waals surface area contributed by atoms with Gasteiger partial charge in [0.1, 0.15) is 0 Å². The first-order chi connectivity index (χ1) is 9.38. The van der Waals surface area contributed by atoms with Gasteiger partial charge in [-0.1, -0.05) is 0 Å². The van der Waals surface area contributed by atoms with Crippen LogP contribution in [0.15, 0.2) is 35.0 Å². The minimum atomic E-state index is -4.68. The third kappa shape index (κ3) is 3.30. The number of anilines is 1. The molecular weight excluding hydrogens is 291 g/mol. The first-order valence-electron chi connectivity index (χ1n) is 5.57. The SMILES string of the molecule is O=C(O)c1cc(NCc2ccsc2)ccc1C(F)(F)F. The zero-order valence-electron chi connectivity index (χ0n) is 10.1. The monoisotopic (exact) mass is 301 g/mol. The number of hydrogen-bond donors (Lipinski definition) is 2. The first kappa shape index (κ1) is 14.4. The van der Waals surface area contributed by atoms with Crippen molar-refractivity contribution in [2.24, 2.45) is 0 Å². The number of carboxylic acids is 1. The van der Waals surface area contributed by atoms with Gasteiger partial charge in [0, 0.05) is 12.2 Å². The lowest BCUT2D eigenvalue weighted by molar-refractivity contribution is -0.138. The third-order valence-corrected chi connectivity index (χ3v) is 3.36. The molecule has 0 aliphatic heterocycles. The Hall–Kier alpha value is -2.02. The average molecular weight is 301 g/mol. The van der Waals surface area contributed by atoms with E-state index in [1.165, 1.54) is 17.4 Å². The highest BCUT2D eigenvalue weighted by Crippen LogP contribution is 2.33. The highest BCUT2D eigenvalue weighted by molar-refractivity contribution is 7.07. The minimum Gasteiger partial charge on any atom is -0.478 e. The molecule has 1 aromatic heterocycles. The fraction of sp³-hybridized carbons (Fsp3) is 0.154. The van der Waals surface area contributed by atoms with Crippen molar-refractivity contribution in [1.82, 2.24) is 0 Å². The van der Waals surface area contributed by atoms with Crippen molar-refractivity contribution in [3.05, 3.63) is 51.7 Å². The van der Waals surface area contributed by atoms with Crippen LogP contribution in [0.3, 0.4) is 0 Å². The Balaban J connectivity index is 2.24. The van der Waals surface area contributed by atoms with E-state index < -0.39 is 23.3 Å². The Labute approximate surface area is 116 Å². The first-order valence-corrected chi connectivity index (χ1v) is 6.51. The number of thiophene rings is 1. The quantitative estimate of drug-likeness (QED) is 0.894. The molecule has 1 heterocycles. The van der Waals surface area contributed by atoms with E-state index in [-0.39, 0.29) is 0 Å². The Bertz CT molecular complexity index is 609. The molecule has 20 heavy (non-hydrogen) atoms. The lowest BCUT2D eigenvalue weighted by atomic mass is 10.1. The second-order valence-corrected chi connectivity index (χ2v) is 4.83. The second kappa shape index (κ2) is 5.54. The number of alkyl halides is 3. The van der Waals surface area contributed by atoms with Crippen LogP contribution in [0, 0.1) is 0 Å². The molecular formula is C13H10F3NO2S. The van der Waals surface area contributed by atoms with E-state index in [4.69, 9.17) is 5.11 Å². The van der Waals surface area contributed by atoms with E-state index in [0.29, 0.717) is 12.2 Å². The Kier molecular flexibility index (Phi) is 3.99. The largest absolute Gasteiger partial charge is 0.478 e. The number of nitrogens with one attached hydrogen (secondary N) is 1. The van der Waals surface area contributed by atoms with Crippen LogP contribution in [0.25, 0.3) is 0 Å². The predicted molar refractivity (Wildman–Crippen MR) is 70.0 cm³/mol. The summed E-state index contributed by atoms with van der Waals surface area (Å²) in [5.74, 6) is -1.60. The van der Waals surface area contributed by atoms with Gasteiger partial charge in [0.15, 0.2) is 0 Å². The number of halogens is 3. The van der Waals surface area contributed by atoms with Gasteiger partial charge in [-0.05, 0) is 40.6 Å². The second-order valence-electron chi connectivity index (χ2n) is 4.05. The van der Waals surface area contributed by atoms with Gasteiger partial charge in [-0.3, -0.25) is 0 Å². The molecule has 0 amide bonds. The molecule has 2 N–H and O–H groups in total. The molecule has 0 spiro atoms. The summed E-state index contributed by atoms with van der Waals surface area (Å²) in [6.45, 7) is 0.425. The van der Waals surface area contributed by atoms with Crippen molar-refractivity contribution in [2.45, 2.75) is 12.7 Å². The van der Waals surface area contributed by atoms with Crippen LogP contribution in [0.1, 0.15) is 21.5 Å². The van der Waals surface area contributed by atoms with Crippen LogP contribution in [-0.2, 0) is 12.7 Å². The van der Waals surface area contributed by atoms with Gasteiger partial charge < -0.3 is 10.4 Å². The Morgan fingerprint density at radius 3 is 2.60 bits per heavy atom. The number of hydrogen-bond acceptors (Lipinski definition) is 3. The van der Waals surface area contributed by atoms with Crippen molar-refractivity contribution in [3.63, 3.8) is 0 Å². The summed E-state index contributed by atoms with van der Waals surface area (Å²) in [5, 5.41) is 15.6. The van der Waals surface area contributed by atoms with E-state index in [9.17, 15) is 18.0 Å². The molecule has 1 aromatic carbocycles. The molecule has 0 saturated heterocycles. The smallest absolute Gasteiger partial charge is 0.417 e. The molecule has 3 nitrogen and oxygen atoms in total. The zero-order chi connectivity index (χ0) is 14.8. The molecule has 0 aliphatic carbocycles. The lowest BCUT2D eigenvalue weighted by Crippen LogP contribution is -2.13. The maximum Gasteiger partial charge on any atom is 0.417 e. The number of rotatable bonds is 4. The number of benzene rings is 1. The van der Waals surface area contributed by atoms with Gasteiger partial charge in [-0.15, -0.1) is 0 Å². The molecule has 7 heteroatoms. The molecule has 106 valence electrons. The van der Waals surface area contributed by atoms with Crippen molar-refractivity contribution >= 4 is 23.0 Å². The lowest BCUT2D eigenvalue weighted by Gasteiger charge is -2.12. The topological polar surface area (TPSA) is 49.3 Å². The van der Waals surface area contributed by atoms with Gasteiger partial charge in [-0.25, -0.2) is 4.79 Å². The number of aromatic carboxylic acids is 1. The van der Waals surface area contributed by atoms with E-state index >= 15 is 0 Å². The molecule has 0 bridgehead atoms. The van der Waals surface area contributed by atoms with Gasteiger partial charge >= 0.3 is 12.1 Å². The van der Waals surface area contributed by atoms with Crippen molar-refractivity contribution < 1.29 is 23.1 Å². The van der Waals surface area contributed by atoms with Gasteiger partial charge in [0.05, 0.1) is 11.1 Å². The standard InChI is InChI=1S/C13H10F3NO2S/c14-13(15,16)11-2-1-9(5-10(11)12(18)19)17-6-8-3-4-20-7-8/h1-5,7,17H,6H2,(H,18,19).